The molecule has 2 heterocycles. The average Bonchev–Trinajstić information content (AvgIpc) is 3.06. The first-order valence-corrected chi connectivity index (χ1v) is 8.47. The number of carbonyl (C=O) groups excluding carboxylic acids is 1. The third kappa shape index (κ3) is 3.18. The summed E-state index contributed by atoms with van der Waals surface area (Å²) in [4.78, 5) is 16.2. The SMILES string of the molecule is O=C(Cc1nc(C2CCS(=O)(=O)C2)no1)c1ccccc1. The van der Waals surface area contributed by atoms with Gasteiger partial charge in [-0.2, -0.15) is 4.98 Å². The van der Waals surface area contributed by atoms with Crippen LogP contribution in [0.2, 0.25) is 0 Å². The van der Waals surface area contributed by atoms with Gasteiger partial charge < -0.3 is 4.52 Å². The van der Waals surface area contributed by atoms with Crippen molar-refractivity contribution in [3.8, 4) is 0 Å². The molecule has 6 nitrogen and oxygen atoms in total. The third-order valence-corrected chi connectivity index (χ3v) is 5.26. The molecule has 3 rings (SSSR count). The molecular weight excluding hydrogens is 292 g/mol. The van der Waals surface area contributed by atoms with Gasteiger partial charge in [-0.15, -0.1) is 0 Å². The molecule has 1 aromatic carbocycles. The van der Waals surface area contributed by atoms with Crippen LogP contribution < -0.4 is 0 Å². The van der Waals surface area contributed by atoms with Gasteiger partial charge in [0.2, 0.25) is 5.89 Å². The van der Waals surface area contributed by atoms with Gasteiger partial charge in [-0.1, -0.05) is 35.5 Å². The van der Waals surface area contributed by atoms with Crippen LogP contribution >= 0.6 is 0 Å². The van der Waals surface area contributed by atoms with Crippen molar-refractivity contribution >= 4 is 15.6 Å². The Morgan fingerprint density at radius 1 is 1.29 bits per heavy atom. The highest BCUT2D eigenvalue weighted by Gasteiger charge is 2.32. The second kappa shape index (κ2) is 5.40. The normalized spacial score (nSPS) is 20.5. The number of Topliss-reactive ketones (excluding diaryl/α,β-unsaturated/α-hetero) is 1. The molecule has 110 valence electrons. The van der Waals surface area contributed by atoms with Gasteiger partial charge in [-0.05, 0) is 6.42 Å². The van der Waals surface area contributed by atoms with Gasteiger partial charge >= 0.3 is 0 Å². The molecule has 0 amide bonds. The number of nitrogens with zero attached hydrogens (tertiary/aromatic N) is 2. The molecule has 1 unspecified atom stereocenters. The molecule has 0 spiro atoms. The summed E-state index contributed by atoms with van der Waals surface area (Å²) < 4.78 is 27.9. The molecule has 2 aromatic rings. The van der Waals surface area contributed by atoms with E-state index >= 15 is 0 Å². The molecule has 1 aromatic heterocycles. The van der Waals surface area contributed by atoms with Crippen LogP contribution in [0.3, 0.4) is 0 Å². The predicted octanol–water partition coefficient (Wildman–Crippen LogP) is 1.40. The number of ketones is 1. The number of hydrogen-bond donors (Lipinski definition) is 0. The number of benzene rings is 1. The molecule has 0 radical (unpaired) electrons. The van der Waals surface area contributed by atoms with E-state index in [2.05, 4.69) is 10.1 Å². The zero-order chi connectivity index (χ0) is 14.9. The fraction of sp³-hybridized carbons (Fsp3) is 0.357. The first-order chi connectivity index (χ1) is 10.0. The van der Waals surface area contributed by atoms with E-state index < -0.39 is 9.84 Å². The van der Waals surface area contributed by atoms with Crippen molar-refractivity contribution < 1.29 is 17.7 Å². The highest BCUT2D eigenvalue weighted by Crippen LogP contribution is 2.26. The molecule has 1 aliphatic rings. The standard InChI is InChI=1S/C14H14N2O4S/c17-12(10-4-2-1-3-5-10)8-13-15-14(16-20-13)11-6-7-21(18,19)9-11/h1-5,11H,6-9H2. The van der Waals surface area contributed by atoms with Crippen LogP contribution in [0.1, 0.15) is 34.4 Å². The van der Waals surface area contributed by atoms with E-state index in [-0.39, 0.29) is 35.5 Å². The molecule has 0 N–H and O–H groups in total. The second-order valence-corrected chi connectivity index (χ2v) is 7.34. The minimum Gasteiger partial charge on any atom is -0.339 e. The van der Waals surface area contributed by atoms with Crippen LogP contribution in [0.25, 0.3) is 0 Å². The van der Waals surface area contributed by atoms with Crippen molar-refractivity contribution in [2.45, 2.75) is 18.8 Å². The minimum atomic E-state index is -2.99. The topological polar surface area (TPSA) is 90.1 Å². The van der Waals surface area contributed by atoms with Gasteiger partial charge in [0.15, 0.2) is 21.4 Å². The van der Waals surface area contributed by atoms with E-state index in [1.807, 2.05) is 6.07 Å². The van der Waals surface area contributed by atoms with E-state index in [1.165, 1.54) is 0 Å². The Kier molecular flexibility index (Phi) is 3.59. The van der Waals surface area contributed by atoms with Crippen molar-refractivity contribution in [1.82, 2.24) is 10.1 Å². The molecule has 1 saturated heterocycles. The predicted molar refractivity (Wildman–Crippen MR) is 74.8 cm³/mol. The minimum absolute atomic E-state index is 0.0243. The molecule has 1 fully saturated rings. The van der Waals surface area contributed by atoms with Crippen molar-refractivity contribution in [2.75, 3.05) is 11.5 Å². The number of carbonyl (C=O) groups is 1. The van der Waals surface area contributed by atoms with Gasteiger partial charge in [0, 0.05) is 11.5 Å². The summed E-state index contributed by atoms with van der Waals surface area (Å²) in [5.41, 5.74) is 0.584. The highest BCUT2D eigenvalue weighted by atomic mass is 32.2. The van der Waals surface area contributed by atoms with Crippen LogP contribution in [0, 0.1) is 0 Å². The summed E-state index contributed by atoms with van der Waals surface area (Å²) in [6.07, 6.45) is 0.532. The molecule has 1 atom stereocenters. The quantitative estimate of drug-likeness (QED) is 0.793. The monoisotopic (exact) mass is 306 g/mol. The molecule has 21 heavy (non-hydrogen) atoms. The number of sulfone groups is 1. The van der Waals surface area contributed by atoms with Crippen LogP contribution in [0.4, 0.5) is 0 Å². The van der Waals surface area contributed by atoms with Crippen LogP contribution in [-0.4, -0.2) is 35.8 Å². The lowest BCUT2D eigenvalue weighted by molar-refractivity contribution is 0.0983. The number of rotatable bonds is 4. The summed E-state index contributed by atoms with van der Waals surface area (Å²) in [5, 5.41) is 3.81. The van der Waals surface area contributed by atoms with Gasteiger partial charge in [0.05, 0.1) is 17.9 Å². The molecule has 0 saturated carbocycles. The maximum absolute atomic E-state index is 12.0. The van der Waals surface area contributed by atoms with Crippen LogP contribution in [-0.2, 0) is 16.3 Å². The zero-order valence-corrected chi connectivity index (χ0v) is 12.0. The summed E-state index contributed by atoms with van der Waals surface area (Å²) in [6.45, 7) is 0. The second-order valence-electron chi connectivity index (χ2n) is 5.11. The van der Waals surface area contributed by atoms with Crippen LogP contribution in [0.15, 0.2) is 34.9 Å². The van der Waals surface area contributed by atoms with Crippen molar-refractivity contribution in [3.05, 3.63) is 47.6 Å². The zero-order valence-electron chi connectivity index (χ0n) is 11.2. The first-order valence-electron chi connectivity index (χ1n) is 6.65. The lowest BCUT2D eigenvalue weighted by Crippen LogP contribution is -2.06. The lowest BCUT2D eigenvalue weighted by atomic mass is 10.1. The molecular formula is C14H14N2O4S. The van der Waals surface area contributed by atoms with Crippen molar-refractivity contribution in [3.63, 3.8) is 0 Å². The number of hydrogen-bond acceptors (Lipinski definition) is 6. The van der Waals surface area contributed by atoms with Crippen molar-refractivity contribution in [1.29, 1.82) is 0 Å². The van der Waals surface area contributed by atoms with E-state index in [4.69, 9.17) is 4.52 Å². The van der Waals surface area contributed by atoms with Gasteiger partial charge in [-0.25, -0.2) is 8.42 Å². The van der Waals surface area contributed by atoms with Gasteiger partial charge in [0.1, 0.15) is 0 Å². The van der Waals surface area contributed by atoms with E-state index in [0.29, 0.717) is 17.8 Å². The van der Waals surface area contributed by atoms with E-state index in [0.717, 1.165) is 0 Å². The Bertz CT molecular complexity index is 752. The lowest BCUT2D eigenvalue weighted by Gasteiger charge is -1.98. The smallest absolute Gasteiger partial charge is 0.234 e. The fourth-order valence-corrected chi connectivity index (χ4v) is 4.11. The molecule has 0 aliphatic carbocycles. The fourth-order valence-electron chi connectivity index (χ4n) is 2.37. The maximum Gasteiger partial charge on any atom is 0.234 e. The van der Waals surface area contributed by atoms with Gasteiger partial charge in [-0.3, -0.25) is 4.79 Å². The average molecular weight is 306 g/mol. The first kappa shape index (κ1) is 13.9. The van der Waals surface area contributed by atoms with E-state index in [9.17, 15) is 13.2 Å². The Morgan fingerprint density at radius 2 is 2.05 bits per heavy atom. The third-order valence-electron chi connectivity index (χ3n) is 3.49. The van der Waals surface area contributed by atoms with Crippen molar-refractivity contribution in [2.24, 2.45) is 0 Å². The molecule has 7 heteroatoms. The van der Waals surface area contributed by atoms with Crippen LogP contribution in [0.5, 0.6) is 0 Å². The Morgan fingerprint density at radius 3 is 2.71 bits per heavy atom. The molecule has 1 aliphatic heterocycles. The highest BCUT2D eigenvalue weighted by molar-refractivity contribution is 7.91. The summed E-state index contributed by atoms with van der Waals surface area (Å²) >= 11 is 0. The number of aromatic nitrogens is 2. The summed E-state index contributed by atoms with van der Waals surface area (Å²) in [7, 11) is -2.99. The maximum atomic E-state index is 12.0. The van der Waals surface area contributed by atoms with Gasteiger partial charge in [0.25, 0.3) is 0 Å². The molecule has 0 bridgehead atoms. The van der Waals surface area contributed by atoms with E-state index in [1.54, 1.807) is 24.3 Å². The largest absolute Gasteiger partial charge is 0.339 e. The Balaban J connectivity index is 1.70. The summed E-state index contributed by atoms with van der Waals surface area (Å²) in [6, 6.07) is 8.86. The Hall–Kier alpha value is -2.02. The Labute approximate surface area is 122 Å². The summed E-state index contributed by atoms with van der Waals surface area (Å²) in [5.74, 6) is 0.488.